The number of hydrogen-bond acceptors (Lipinski definition) is 12. The van der Waals surface area contributed by atoms with E-state index in [4.69, 9.17) is 20.4 Å². The summed E-state index contributed by atoms with van der Waals surface area (Å²) >= 11 is 1.28. The molecule has 5 heterocycles. The molecular weight excluding hydrogens is 618 g/mol. The van der Waals surface area contributed by atoms with Crippen LogP contribution in [0, 0.1) is 5.92 Å². The lowest BCUT2D eigenvalue weighted by atomic mass is 9.94. The third kappa shape index (κ3) is 6.91. The Kier molecular flexibility index (Phi) is 11.0. The van der Waals surface area contributed by atoms with Gasteiger partial charge in [-0.25, -0.2) is 22.3 Å². The van der Waals surface area contributed by atoms with E-state index in [1.54, 1.807) is 28.9 Å². The number of likely N-dealkylation sites (tertiary alicyclic amines) is 2. The number of nitrogens with one attached hydrogen (secondary N) is 1. The van der Waals surface area contributed by atoms with Crippen LogP contribution >= 0.6 is 12.1 Å². The lowest BCUT2D eigenvalue weighted by molar-refractivity contribution is -0.165. The molecule has 3 fully saturated rings. The first-order valence-corrected chi connectivity index (χ1v) is 16.8. The number of piperidine rings is 1. The van der Waals surface area contributed by atoms with Crippen LogP contribution in [0.15, 0.2) is 35.2 Å². The number of fused-ring (bicyclic) bond motifs is 2. The van der Waals surface area contributed by atoms with Gasteiger partial charge in [-0.2, -0.15) is 0 Å². The van der Waals surface area contributed by atoms with Crippen LogP contribution in [0.5, 0.6) is 0 Å². The van der Waals surface area contributed by atoms with E-state index in [0.29, 0.717) is 31.5 Å². The van der Waals surface area contributed by atoms with Crippen molar-refractivity contribution in [3.63, 3.8) is 0 Å². The van der Waals surface area contributed by atoms with Gasteiger partial charge in [-0.15, -0.1) is 0 Å². The third-order valence-corrected chi connectivity index (χ3v) is 10.9. The molecule has 0 saturated carbocycles. The molecule has 0 aromatic heterocycles. The fourth-order valence-electron chi connectivity index (χ4n) is 6.22. The number of nitrogens with zero attached hydrogens (tertiary/aromatic N) is 4. The highest BCUT2D eigenvalue weighted by Gasteiger charge is 2.58. The first kappa shape index (κ1) is 33.8. The van der Waals surface area contributed by atoms with Crippen molar-refractivity contribution >= 4 is 45.9 Å². The van der Waals surface area contributed by atoms with Crippen molar-refractivity contribution in [2.45, 2.75) is 76.2 Å². The molecule has 5 N–H and O–H groups in total. The van der Waals surface area contributed by atoms with E-state index in [-0.39, 0.29) is 22.8 Å². The zero-order valence-electron chi connectivity index (χ0n) is 24.3. The molecule has 15 nitrogen and oxygen atoms in total. The van der Waals surface area contributed by atoms with Crippen molar-refractivity contribution < 1.29 is 48.0 Å². The van der Waals surface area contributed by atoms with Gasteiger partial charge in [-0.3, -0.25) is 13.9 Å². The van der Waals surface area contributed by atoms with Crippen LogP contribution in [0.2, 0.25) is 0 Å². The van der Waals surface area contributed by atoms with Crippen molar-refractivity contribution in [2.24, 2.45) is 5.92 Å². The molecule has 2 amide bonds. The Morgan fingerprint density at radius 1 is 1.07 bits per heavy atom. The van der Waals surface area contributed by atoms with Gasteiger partial charge in [0.05, 0.1) is 35.8 Å². The summed E-state index contributed by atoms with van der Waals surface area (Å²) in [6.45, 7) is 5.29. The van der Waals surface area contributed by atoms with E-state index >= 15 is 0 Å². The quantitative estimate of drug-likeness (QED) is 0.196. The maximum Gasteiger partial charge on any atom is 0.335 e. The lowest BCUT2D eigenvalue weighted by Crippen LogP contribution is -2.44. The first-order chi connectivity index (χ1) is 20.9. The summed E-state index contributed by atoms with van der Waals surface area (Å²) in [5.74, 6) is -4.35. The Hall–Kier alpha value is -3.12. The molecule has 0 bridgehead atoms. The van der Waals surface area contributed by atoms with Gasteiger partial charge in [0.1, 0.15) is 4.91 Å². The number of hydrogen-bond donors (Lipinski definition) is 5. The minimum atomic E-state index is -4.06. The molecule has 0 aliphatic carbocycles. The Labute approximate surface area is 260 Å². The average molecular weight is 658 g/mol. The van der Waals surface area contributed by atoms with Crippen LogP contribution in [-0.2, 0) is 29.2 Å². The number of carbonyl (C=O) groups is 4. The van der Waals surface area contributed by atoms with Gasteiger partial charge in [0.2, 0.25) is 11.8 Å². The van der Waals surface area contributed by atoms with Crippen molar-refractivity contribution in [2.75, 3.05) is 26.2 Å². The molecule has 0 radical (unpaired) electrons. The summed E-state index contributed by atoms with van der Waals surface area (Å²) in [5.41, 5.74) is 0.517. The fraction of sp³-hybridized carbons (Fsp3) is 0.630. The molecule has 3 saturated heterocycles. The lowest BCUT2D eigenvalue weighted by Gasteiger charge is -2.30. The molecule has 0 aromatic carbocycles. The van der Waals surface area contributed by atoms with E-state index in [9.17, 15) is 27.6 Å². The highest BCUT2D eigenvalue weighted by atomic mass is 32.2. The number of aliphatic hydroxyl groups excluding tert-OH is 2. The summed E-state index contributed by atoms with van der Waals surface area (Å²) < 4.78 is 33.5. The molecule has 44 heavy (non-hydrogen) atoms. The van der Waals surface area contributed by atoms with Gasteiger partial charge in [-0.1, -0.05) is 19.8 Å². The second-order valence-electron chi connectivity index (χ2n) is 11.1. The van der Waals surface area contributed by atoms with E-state index in [2.05, 4.69) is 9.62 Å². The Morgan fingerprint density at radius 3 is 2.34 bits per heavy atom. The summed E-state index contributed by atoms with van der Waals surface area (Å²) in [4.78, 5) is 50.6. The number of aliphatic hydroxyl groups is 2. The van der Waals surface area contributed by atoms with Crippen LogP contribution in [0.25, 0.3) is 0 Å². The van der Waals surface area contributed by atoms with Crippen LogP contribution in [0.1, 0.15) is 51.9 Å². The highest BCUT2D eigenvalue weighted by Crippen LogP contribution is 2.44. The van der Waals surface area contributed by atoms with Crippen LogP contribution < -0.4 is 4.72 Å². The maximum atomic E-state index is 13.8. The third-order valence-electron chi connectivity index (χ3n) is 8.33. The smallest absolute Gasteiger partial charge is 0.335 e. The molecule has 0 aromatic rings. The molecule has 5 aliphatic heterocycles. The molecule has 17 heteroatoms. The van der Waals surface area contributed by atoms with Gasteiger partial charge in [-0.05, 0) is 50.9 Å². The SMILES string of the molecule is CCC[C@H]1C(=O)N(S(=O)(=O)C2=CC=CN3SNC=C23)[C@H]2CCN(C(=O)CCN3CCCCC3)[C@H]12.O=C(O)C(O)C(O)C(=O)O. The van der Waals surface area contributed by atoms with Gasteiger partial charge in [0.15, 0.2) is 12.2 Å². The van der Waals surface area contributed by atoms with Crippen molar-refractivity contribution in [3.8, 4) is 0 Å². The van der Waals surface area contributed by atoms with Crippen molar-refractivity contribution in [3.05, 3.63) is 35.2 Å². The predicted molar refractivity (Wildman–Crippen MR) is 158 cm³/mol. The first-order valence-electron chi connectivity index (χ1n) is 14.6. The van der Waals surface area contributed by atoms with E-state index in [1.807, 2.05) is 11.8 Å². The number of carbonyl (C=O) groups excluding carboxylic acids is 2. The second kappa shape index (κ2) is 14.3. The molecule has 2 unspecified atom stereocenters. The molecule has 5 aliphatic rings. The predicted octanol–water partition coefficient (Wildman–Crippen LogP) is 0.0186. The van der Waals surface area contributed by atoms with Crippen LogP contribution in [0.4, 0.5) is 0 Å². The molecule has 5 atom stereocenters. The number of amides is 2. The summed E-state index contributed by atoms with van der Waals surface area (Å²) in [6, 6.07) is -0.882. The topological polar surface area (TPSA) is 208 Å². The fourth-order valence-corrected chi connectivity index (χ4v) is 8.78. The normalized spacial score (nSPS) is 26.1. The Balaban J connectivity index is 0.000000382. The number of carboxylic acids is 2. The van der Waals surface area contributed by atoms with Crippen LogP contribution in [-0.4, -0.2) is 121 Å². The largest absolute Gasteiger partial charge is 0.479 e. The van der Waals surface area contributed by atoms with Gasteiger partial charge in [0.25, 0.3) is 10.0 Å². The standard InChI is InChI=1S/C23H33N5O4S2.C4H6O6/c1-2-7-17-22-18(9-15-26(22)21(29)10-14-25-11-4-3-5-12-25)28(23(17)30)34(31,32)20-8-6-13-27-19(20)16-24-33-27;5-1(3(7)8)2(6)4(9)10/h6,8,13,16-18,22,24H,2-5,7,9-12,14-15H2,1H3;1-2,5-6H,(H,7,8)(H,9,10)/t17-,18+,22-;/m1./s1. The van der Waals surface area contributed by atoms with E-state index in [0.717, 1.165) is 30.4 Å². The minimum absolute atomic E-state index is 0.0383. The van der Waals surface area contributed by atoms with Gasteiger partial charge in [0, 0.05) is 31.9 Å². The summed E-state index contributed by atoms with van der Waals surface area (Å²) in [6.07, 6.45) is 7.97. The number of aliphatic carboxylic acids is 2. The maximum absolute atomic E-state index is 13.8. The number of sulfonamides is 1. The number of allylic oxidation sites excluding steroid dienone is 2. The van der Waals surface area contributed by atoms with Crippen molar-refractivity contribution in [1.29, 1.82) is 0 Å². The number of carboxylic acid groups (broad SMARTS) is 2. The Morgan fingerprint density at radius 2 is 1.73 bits per heavy atom. The Bertz CT molecular complexity index is 1310. The molecule has 244 valence electrons. The molecular formula is C27H39N5O10S2. The number of rotatable bonds is 10. The summed E-state index contributed by atoms with van der Waals surface area (Å²) in [7, 11) is -4.06. The summed E-state index contributed by atoms with van der Waals surface area (Å²) in [5, 5.41) is 32.5. The average Bonchev–Trinajstić information content (AvgIpc) is 3.72. The zero-order chi connectivity index (χ0) is 32.2. The van der Waals surface area contributed by atoms with E-state index < -0.39 is 46.1 Å². The minimum Gasteiger partial charge on any atom is -0.479 e. The molecule has 0 spiro atoms. The zero-order valence-corrected chi connectivity index (χ0v) is 26.0. The highest BCUT2D eigenvalue weighted by molar-refractivity contribution is 7.96. The van der Waals surface area contributed by atoms with Gasteiger partial charge >= 0.3 is 11.9 Å². The van der Waals surface area contributed by atoms with Crippen LogP contribution in [0.3, 0.4) is 0 Å². The molecule has 5 rings (SSSR count). The van der Waals surface area contributed by atoms with Gasteiger partial charge < -0.3 is 34.9 Å². The monoisotopic (exact) mass is 657 g/mol. The second-order valence-corrected chi connectivity index (χ2v) is 13.7. The van der Waals surface area contributed by atoms with E-state index in [1.165, 1.54) is 31.4 Å². The van der Waals surface area contributed by atoms with Crippen molar-refractivity contribution in [1.82, 2.24) is 23.1 Å².